The first-order chi connectivity index (χ1) is 12.6. The van der Waals surface area contributed by atoms with E-state index in [9.17, 15) is 9.18 Å². The fourth-order valence-electron chi connectivity index (χ4n) is 3.03. The van der Waals surface area contributed by atoms with E-state index in [1.54, 1.807) is 18.2 Å². The summed E-state index contributed by atoms with van der Waals surface area (Å²) in [5.74, 6) is 0.738. The van der Waals surface area contributed by atoms with Crippen molar-refractivity contribution in [1.82, 2.24) is 10.3 Å². The Balaban J connectivity index is 1.44. The average molecular weight is 376 g/mol. The number of nitrogens with one attached hydrogen (secondary N) is 1. The Morgan fingerprint density at radius 1 is 1.31 bits per heavy atom. The molecule has 2 aliphatic rings. The maximum Gasteiger partial charge on any atom is 0.253 e. The molecule has 2 aromatic rings. The molecule has 1 amide bonds. The molecule has 1 atom stereocenters. The lowest BCUT2D eigenvalue weighted by Gasteiger charge is -2.19. The lowest BCUT2D eigenvalue weighted by molar-refractivity contribution is 0.0951. The van der Waals surface area contributed by atoms with Crippen LogP contribution in [0.4, 0.5) is 10.2 Å². The van der Waals surface area contributed by atoms with Crippen LogP contribution in [0, 0.1) is 5.82 Å². The van der Waals surface area contributed by atoms with Gasteiger partial charge in [-0.1, -0.05) is 17.7 Å². The number of halogens is 2. The molecule has 2 fully saturated rings. The predicted octanol–water partition coefficient (Wildman–Crippen LogP) is 3.42. The molecular weight excluding hydrogens is 357 g/mol. The Bertz CT molecular complexity index is 828. The number of carbonyl (C=O) groups is 1. The van der Waals surface area contributed by atoms with E-state index >= 15 is 0 Å². The zero-order chi connectivity index (χ0) is 18.1. The van der Waals surface area contributed by atoms with Crippen LogP contribution in [-0.4, -0.2) is 36.1 Å². The maximum atomic E-state index is 13.3. The van der Waals surface area contributed by atoms with Gasteiger partial charge in [0.2, 0.25) is 0 Å². The standard InChI is InChI=1S/C19H19ClFN3O2/c20-17-10-22-18(9-16(17)19(25)23-13-4-5-13)24-7-6-15(11-24)26-14-3-1-2-12(21)8-14/h1-3,8-10,13,15H,4-7,11H2,(H,23,25). The van der Waals surface area contributed by atoms with Crippen LogP contribution in [0.2, 0.25) is 5.02 Å². The van der Waals surface area contributed by atoms with Crippen molar-refractivity contribution in [2.24, 2.45) is 0 Å². The van der Waals surface area contributed by atoms with E-state index in [0.717, 1.165) is 25.8 Å². The van der Waals surface area contributed by atoms with Crippen LogP contribution in [0.15, 0.2) is 36.5 Å². The van der Waals surface area contributed by atoms with Crippen molar-refractivity contribution in [3.05, 3.63) is 52.9 Å². The van der Waals surface area contributed by atoms with Crippen molar-refractivity contribution in [3.8, 4) is 5.75 Å². The molecule has 136 valence electrons. The first-order valence-corrected chi connectivity index (χ1v) is 9.10. The number of ether oxygens (including phenoxy) is 1. The molecule has 0 spiro atoms. The van der Waals surface area contributed by atoms with Crippen molar-refractivity contribution in [2.75, 3.05) is 18.0 Å². The van der Waals surface area contributed by atoms with Crippen molar-refractivity contribution in [1.29, 1.82) is 0 Å². The Kier molecular flexibility index (Phi) is 4.68. The normalized spacial score (nSPS) is 19.5. The topological polar surface area (TPSA) is 54.5 Å². The quantitative estimate of drug-likeness (QED) is 0.870. The van der Waals surface area contributed by atoms with Crippen molar-refractivity contribution >= 4 is 23.3 Å². The Hall–Kier alpha value is -2.34. The van der Waals surface area contributed by atoms with Gasteiger partial charge in [-0.2, -0.15) is 0 Å². The number of rotatable bonds is 5. The number of hydrogen-bond acceptors (Lipinski definition) is 4. The van der Waals surface area contributed by atoms with Crippen LogP contribution >= 0.6 is 11.6 Å². The molecule has 7 heteroatoms. The summed E-state index contributed by atoms with van der Waals surface area (Å²) >= 11 is 6.15. The van der Waals surface area contributed by atoms with Gasteiger partial charge in [-0.3, -0.25) is 4.79 Å². The highest BCUT2D eigenvalue weighted by atomic mass is 35.5. The number of pyridine rings is 1. The largest absolute Gasteiger partial charge is 0.488 e. The van der Waals surface area contributed by atoms with Crippen molar-refractivity contribution in [3.63, 3.8) is 0 Å². The molecule has 1 saturated carbocycles. The zero-order valence-corrected chi connectivity index (χ0v) is 14.9. The van der Waals surface area contributed by atoms with E-state index in [4.69, 9.17) is 16.3 Å². The molecule has 1 aliphatic heterocycles. The molecule has 1 aromatic carbocycles. The zero-order valence-electron chi connectivity index (χ0n) is 14.1. The smallest absolute Gasteiger partial charge is 0.253 e. The molecule has 1 aliphatic carbocycles. The van der Waals surface area contributed by atoms with E-state index in [-0.39, 0.29) is 23.9 Å². The van der Waals surface area contributed by atoms with Gasteiger partial charge in [0.25, 0.3) is 5.91 Å². The molecule has 4 rings (SSSR count). The summed E-state index contributed by atoms with van der Waals surface area (Å²) in [6, 6.07) is 8.13. The summed E-state index contributed by atoms with van der Waals surface area (Å²) in [5.41, 5.74) is 0.443. The summed E-state index contributed by atoms with van der Waals surface area (Å²) in [6.45, 7) is 1.37. The van der Waals surface area contributed by atoms with E-state index in [1.807, 2.05) is 4.90 Å². The van der Waals surface area contributed by atoms with E-state index in [2.05, 4.69) is 10.3 Å². The third-order valence-electron chi connectivity index (χ3n) is 4.57. The number of anilines is 1. The molecule has 1 aromatic heterocycles. The van der Waals surface area contributed by atoms with Crippen LogP contribution in [0.1, 0.15) is 29.6 Å². The van der Waals surface area contributed by atoms with Gasteiger partial charge >= 0.3 is 0 Å². The highest BCUT2D eigenvalue weighted by Crippen LogP contribution is 2.27. The van der Waals surface area contributed by atoms with Gasteiger partial charge in [-0.15, -0.1) is 0 Å². The second-order valence-corrected chi connectivity index (χ2v) is 7.11. The SMILES string of the molecule is O=C(NC1CC1)c1cc(N2CCC(Oc3cccc(F)c3)C2)ncc1Cl. The molecule has 26 heavy (non-hydrogen) atoms. The lowest BCUT2D eigenvalue weighted by atomic mass is 10.2. The second kappa shape index (κ2) is 7.11. The van der Waals surface area contributed by atoms with Crippen LogP contribution in [0.25, 0.3) is 0 Å². The average Bonchev–Trinajstić information content (AvgIpc) is 3.31. The van der Waals surface area contributed by atoms with Gasteiger partial charge in [0, 0.05) is 31.3 Å². The fraction of sp³-hybridized carbons (Fsp3) is 0.368. The van der Waals surface area contributed by atoms with Gasteiger partial charge in [-0.05, 0) is 31.0 Å². The number of amides is 1. The van der Waals surface area contributed by atoms with Gasteiger partial charge in [-0.25, -0.2) is 9.37 Å². The maximum absolute atomic E-state index is 13.3. The van der Waals surface area contributed by atoms with E-state index in [0.29, 0.717) is 28.7 Å². The number of hydrogen-bond donors (Lipinski definition) is 1. The van der Waals surface area contributed by atoms with Gasteiger partial charge in [0.05, 0.1) is 17.1 Å². The van der Waals surface area contributed by atoms with Gasteiger partial charge in [0.15, 0.2) is 0 Å². The summed E-state index contributed by atoms with van der Waals surface area (Å²) < 4.78 is 19.1. The van der Waals surface area contributed by atoms with Crippen molar-refractivity contribution in [2.45, 2.75) is 31.4 Å². The summed E-state index contributed by atoms with van der Waals surface area (Å²) in [4.78, 5) is 18.7. The highest BCUT2D eigenvalue weighted by molar-refractivity contribution is 6.33. The predicted molar refractivity (Wildman–Crippen MR) is 97.4 cm³/mol. The highest BCUT2D eigenvalue weighted by Gasteiger charge is 2.28. The molecule has 1 saturated heterocycles. The van der Waals surface area contributed by atoms with Crippen LogP contribution in [-0.2, 0) is 0 Å². The minimum Gasteiger partial charge on any atom is -0.488 e. The third-order valence-corrected chi connectivity index (χ3v) is 4.87. The third kappa shape index (κ3) is 3.90. The van der Waals surface area contributed by atoms with Gasteiger partial charge in [0.1, 0.15) is 23.5 Å². The van der Waals surface area contributed by atoms with Crippen LogP contribution in [0.5, 0.6) is 5.75 Å². The summed E-state index contributed by atoms with van der Waals surface area (Å²) in [5, 5.41) is 3.29. The molecular formula is C19H19ClFN3O2. The summed E-state index contributed by atoms with van der Waals surface area (Å²) in [6.07, 6.45) is 4.29. The van der Waals surface area contributed by atoms with E-state index < -0.39 is 0 Å². The van der Waals surface area contributed by atoms with E-state index in [1.165, 1.54) is 18.3 Å². The minimum atomic E-state index is -0.317. The second-order valence-electron chi connectivity index (χ2n) is 6.70. The molecule has 2 heterocycles. The number of benzene rings is 1. The monoisotopic (exact) mass is 375 g/mol. The van der Waals surface area contributed by atoms with Crippen molar-refractivity contribution < 1.29 is 13.9 Å². The Morgan fingerprint density at radius 3 is 2.92 bits per heavy atom. The molecule has 0 bridgehead atoms. The van der Waals surface area contributed by atoms with Crippen LogP contribution < -0.4 is 15.0 Å². The molecule has 0 radical (unpaired) electrons. The Labute approximate surface area is 156 Å². The number of aromatic nitrogens is 1. The summed E-state index contributed by atoms with van der Waals surface area (Å²) in [7, 11) is 0. The number of carbonyl (C=O) groups excluding carboxylic acids is 1. The lowest BCUT2D eigenvalue weighted by Crippen LogP contribution is -2.28. The fourth-order valence-corrected chi connectivity index (χ4v) is 3.22. The van der Waals surface area contributed by atoms with Crippen LogP contribution in [0.3, 0.4) is 0 Å². The molecule has 5 nitrogen and oxygen atoms in total. The van der Waals surface area contributed by atoms with Gasteiger partial charge < -0.3 is 15.0 Å². The molecule has 1 N–H and O–H groups in total. The molecule has 1 unspecified atom stereocenters. The Morgan fingerprint density at radius 2 is 2.15 bits per heavy atom. The first kappa shape index (κ1) is 17.1. The minimum absolute atomic E-state index is 0.0574. The number of nitrogens with zero attached hydrogens (tertiary/aromatic N) is 2. The first-order valence-electron chi connectivity index (χ1n) is 8.72.